The van der Waals surface area contributed by atoms with Crippen molar-refractivity contribution in [2.24, 2.45) is 0 Å². The lowest BCUT2D eigenvalue weighted by molar-refractivity contribution is 0.250. The van der Waals surface area contributed by atoms with Gasteiger partial charge in [0.15, 0.2) is 5.65 Å². The lowest BCUT2D eigenvalue weighted by atomic mass is 10.1. The number of H-pyrrole nitrogens is 1. The maximum Gasteiger partial charge on any atom is 0.179 e. The normalized spacial score (nSPS) is 15.7. The van der Waals surface area contributed by atoms with Crippen LogP contribution in [0.3, 0.4) is 0 Å². The van der Waals surface area contributed by atoms with Gasteiger partial charge in [0.1, 0.15) is 12.1 Å². The van der Waals surface area contributed by atoms with Gasteiger partial charge in [0.25, 0.3) is 0 Å². The number of hydrogen-bond acceptors (Lipinski definition) is 6. The molecular weight excluding hydrogens is 342 g/mol. The van der Waals surface area contributed by atoms with E-state index in [9.17, 15) is 0 Å². The average molecular weight is 363 g/mol. The van der Waals surface area contributed by atoms with E-state index in [-0.39, 0.29) is 0 Å². The fourth-order valence-electron chi connectivity index (χ4n) is 3.71. The molecule has 8 heteroatoms. The van der Waals surface area contributed by atoms with Crippen LogP contribution in [0.2, 0.25) is 0 Å². The lowest BCUT2D eigenvalue weighted by Gasteiger charge is -2.35. The molecule has 4 aromatic rings. The summed E-state index contributed by atoms with van der Waals surface area (Å²) in [6.07, 6.45) is 5.62. The van der Waals surface area contributed by atoms with E-state index in [1.165, 1.54) is 10.9 Å². The second kappa shape index (κ2) is 6.55. The molecule has 0 unspecified atom stereocenters. The summed E-state index contributed by atoms with van der Waals surface area (Å²) in [5.41, 5.74) is 4.34. The van der Waals surface area contributed by atoms with Crippen LogP contribution in [0.4, 0.5) is 5.69 Å². The van der Waals surface area contributed by atoms with Gasteiger partial charge in [-0.05, 0) is 23.8 Å². The van der Waals surface area contributed by atoms with E-state index in [0.29, 0.717) is 0 Å². The number of piperazine rings is 1. The van der Waals surface area contributed by atoms with Gasteiger partial charge in [-0.1, -0.05) is 0 Å². The molecule has 1 aliphatic heterocycles. The van der Waals surface area contributed by atoms with Crippen LogP contribution in [0, 0.1) is 0 Å². The second-order valence-electron chi connectivity index (χ2n) is 6.84. The predicted molar refractivity (Wildman–Crippen MR) is 103 cm³/mol. The van der Waals surface area contributed by atoms with E-state index in [0.717, 1.165) is 55.3 Å². The van der Waals surface area contributed by atoms with Crippen LogP contribution < -0.4 is 9.64 Å². The molecule has 0 aliphatic carbocycles. The van der Waals surface area contributed by atoms with E-state index in [2.05, 4.69) is 48.4 Å². The first-order chi connectivity index (χ1) is 13.3. The predicted octanol–water partition coefficient (Wildman–Crippen LogP) is 1.94. The number of anilines is 1. The molecule has 1 saturated heterocycles. The number of rotatable bonds is 4. The number of nitrogens with zero attached hydrogens (tertiary/aromatic N) is 6. The Morgan fingerprint density at radius 2 is 2.04 bits per heavy atom. The standard InChI is InChI=1S/C19H21N7O/c1-27-16-2-3-18-17(9-16)14(10-20-18)12-24-4-6-25(7-5-24)15-8-19-23-21-13-26(19)22-11-15/h2-3,8-11,13,20H,4-7,12H2,1H3. The smallest absolute Gasteiger partial charge is 0.179 e. The summed E-state index contributed by atoms with van der Waals surface area (Å²) >= 11 is 0. The van der Waals surface area contributed by atoms with Crippen molar-refractivity contribution in [1.29, 1.82) is 0 Å². The fourth-order valence-corrected chi connectivity index (χ4v) is 3.71. The van der Waals surface area contributed by atoms with E-state index in [1.54, 1.807) is 18.0 Å². The first kappa shape index (κ1) is 16.1. The molecule has 0 spiro atoms. The number of hydrogen-bond donors (Lipinski definition) is 1. The van der Waals surface area contributed by atoms with Gasteiger partial charge in [-0.2, -0.15) is 5.10 Å². The van der Waals surface area contributed by atoms with Crippen molar-refractivity contribution in [2.75, 3.05) is 38.2 Å². The lowest BCUT2D eigenvalue weighted by Crippen LogP contribution is -2.46. The van der Waals surface area contributed by atoms with Gasteiger partial charge in [0.2, 0.25) is 0 Å². The summed E-state index contributed by atoms with van der Waals surface area (Å²) in [5, 5.41) is 13.6. The van der Waals surface area contributed by atoms with Crippen molar-refractivity contribution in [1.82, 2.24) is 29.7 Å². The number of nitrogens with one attached hydrogen (secondary N) is 1. The van der Waals surface area contributed by atoms with Gasteiger partial charge in [-0.15, -0.1) is 10.2 Å². The number of aromatic nitrogens is 5. The molecule has 0 bridgehead atoms. The molecule has 0 radical (unpaired) electrons. The molecule has 27 heavy (non-hydrogen) atoms. The third-order valence-electron chi connectivity index (χ3n) is 5.25. The Hall–Kier alpha value is -3.13. The maximum atomic E-state index is 5.37. The minimum atomic E-state index is 0.780. The summed E-state index contributed by atoms with van der Waals surface area (Å²) in [6.45, 7) is 4.89. The zero-order chi connectivity index (χ0) is 18.2. The highest BCUT2D eigenvalue weighted by atomic mass is 16.5. The van der Waals surface area contributed by atoms with Crippen LogP contribution in [0.5, 0.6) is 5.75 Å². The summed E-state index contributed by atoms with van der Waals surface area (Å²) in [5.74, 6) is 0.893. The Bertz CT molecular complexity index is 1080. The summed E-state index contributed by atoms with van der Waals surface area (Å²) in [6, 6.07) is 8.21. The number of methoxy groups -OCH3 is 1. The van der Waals surface area contributed by atoms with Gasteiger partial charge in [-0.25, -0.2) is 4.52 Å². The first-order valence-corrected chi connectivity index (χ1v) is 9.07. The molecule has 1 fully saturated rings. The third-order valence-corrected chi connectivity index (χ3v) is 5.25. The zero-order valence-corrected chi connectivity index (χ0v) is 15.2. The molecule has 1 aromatic carbocycles. The highest BCUT2D eigenvalue weighted by Gasteiger charge is 2.19. The highest BCUT2D eigenvalue weighted by molar-refractivity contribution is 5.84. The molecule has 0 amide bonds. The Morgan fingerprint density at radius 3 is 2.89 bits per heavy atom. The Morgan fingerprint density at radius 1 is 1.15 bits per heavy atom. The van der Waals surface area contributed by atoms with Gasteiger partial charge in [-0.3, -0.25) is 4.90 Å². The van der Waals surface area contributed by atoms with Crippen molar-refractivity contribution < 1.29 is 4.74 Å². The van der Waals surface area contributed by atoms with Crippen LogP contribution in [0.1, 0.15) is 5.56 Å². The molecule has 0 atom stereocenters. The van der Waals surface area contributed by atoms with E-state index < -0.39 is 0 Å². The van der Waals surface area contributed by atoms with Gasteiger partial charge >= 0.3 is 0 Å². The largest absolute Gasteiger partial charge is 0.497 e. The van der Waals surface area contributed by atoms with Gasteiger partial charge < -0.3 is 14.6 Å². The topological polar surface area (TPSA) is 74.6 Å². The number of benzene rings is 1. The van der Waals surface area contributed by atoms with Crippen LogP contribution in [-0.4, -0.2) is 63.0 Å². The molecule has 1 N–H and O–H groups in total. The zero-order valence-electron chi connectivity index (χ0n) is 15.2. The third kappa shape index (κ3) is 2.97. The van der Waals surface area contributed by atoms with Crippen LogP contribution in [0.15, 0.2) is 43.0 Å². The van der Waals surface area contributed by atoms with Crippen molar-refractivity contribution in [3.8, 4) is 5.75 Å². The van der Waals surface area contributed by atoms with E-state index >= 15 is 0 Å². The molecule has 0 saturated carbocycles. The molecule has 3 aromatic heterocycles. The number of fused-ring (bicyclic) bond motifs is 2. The summed E-state index contributed by atoms with van der Waals surface area (Å²) < 4.78 is 7.06. The molecule has 4 heterocycles. The van der Waals surface area contributed by atoms with Crippen LogP contribution >= 0.6 is 0 Å². The van der Waals surface area contributed by atoms with Crippen LogP contribution in [0.25, 0.3) is 16.6 Å². The molecule has 138 valence electrons. The van der Waals surface area contributed by atoms with Crippen molar-refractivity contribution in [3.63, 3.8) is 0 Å². The minimum absolute atomic E-state index is 0.780. The summed E-state index contributed by atoms with van der Waals surface area (Å²) in [7, 11) is 1.71. The van der Waals surface area contributed by atoms with Crippen molar-refractivity contribution in [2.45, 2.75) is 6.54 Å². The van der Waals surface area contributed by atoms with Crippen LogP contribution in [-0.2, 0) is 6.54 Å². The van der Waals surface area contributed by atoms with Gasteiger partial charge in [0, 0.05) is 55.9 Å². The quantitative estimate of drug-likeness (QED) is 0.597. The molecular formula is C19H21N7O. The second-order valence-corrected chi connectivity index (χ2v) is 6.84. The van der Waals surface area contributed by atoms with E-state index in [4.69, 9.17) is 4.74 Å². The summed E-state index contributed by atoms with van der Waals surface area (Å²) in [4.78, 5) is 8.21. The highest BCUT2D eigenvalue weighted by Crippen LogP contribution is 2.25. The van der Waals surface area contributed by atoms with Crippen molar-refractivity contribution in [3.05, 3.63) is 48.5 Å². The first-order valence-electron chi connectivity index (χ1n) is 9.07. The Kier molecular flexibility index (Phi) is 3.90. The SMILES string of the molecule is COc1ccc2[nH]cc(CN3CCN(c4cnn5cnnc5c4)CC3)c2c1. The van der Waals surface area contributed by atoms with Crippen molar-refractivity contribution >= 4 is 22.2 Å². The minimum Gasteiger partial charge on any atom is -0.497 e. The average Bonchev–Trinajstić information content (AvgIpc) is 3.34. The molecule has 8 nitrogen and oxygen atoms in total. The maximum absolute atomic E-state index is 5.37. The van der Waals surface area contributed by atoms with Gasteiger partial charge in [0.05, 0.1) is 19.0 Å². The molecule has 1 aliphatic rings. The Balaban J connectivity index is 1.28. The van der Waals surface area contributed by atoms with E-state index in [1.807, 2.05) is 18.3 Å². The fraction of sp³-hybridized carbons (Fsp3) is 0.316. The number of aromatic amines is 1. The monoisotopic (exact) mass is 363 g/mol. The Labute approximate surface area is 156 Å². The number of ether oxygens (including phenoxy) is 1. The molecule has 5 rings (SSSR count).